The molecule has 2 rings (SSSR count). The Hall–Kier alpha value is -1.29. The van der Waals surface area contributed by atoms with Crippen LogP contribution in [-0.2, 0) is 0 Å². The lowest BCUT2D eigenvalue weighted by Gasteiger charge is -2.21. The van der Waals surface area contributed by atoms with Crippen LogP contribution in [0.4, 0.5) is 0 Å². The summed E-state index contributed by atoms with van der Waals surface area (Å²) in [5.74, 6) is -0.410. The lowest BCUT2D eigenvalue weighted by atomic mass is 9.84. The third-order valence-electron chi connectivity index (χ3n) is 3.61. The van der Waals surface area contributed by atoms with Crippen molar-refractivity contribution in [2.24, 2.45) is 0 Å². The summed E-state index contributed by atoms with van der Waals surface area (Å²) in [6.07, 6.45) is 0.403. The van der Waals surface area contributed by atoms with Crippen LogP contribution < -0.4 is 0 Å². The van der Waals surface area contributed by atoms with Gasteiger partial charge in [0.25, 0.3) is 0 Å². The van der Waals surface area contributed by atoms with Crippen LogP contribution in [-0.4, -0.2) is 11.0 Å². The van der Waals surface area contributed by atoms with Crippen LogP contribution >= 0.6 is 34.8 Å². The molecule has 0 N–H and O–H groups in total. The van der Waals surface area contributed by atoms with Crippen molar-refractivity contribution < 1.29 is 4.92 Å². The predicted octanol–water partition coefficient (Wildman–Crippen LogP) is 5.83. The molecule has 116 valence electrons. The minimum Gasteiger partial charge on any atom is -0.264 e. The molecule has 0 aliphatic carbocycles. The van der Waals surface area contributed by atoms with Crippen LogP contribution in [0.25, 0.3) is 0 Å². The molecule has 0 heterocycles. The molecule has 0 aliphatic heterocycles. The molecule has 0 fully saturated rings. The maximum absolute atomic E-state index is 11.5. The van der Waals surface area contributed by atoms with Gasteiger partial charge in [-0.1, -0.05) is 59.9 Å². The quantitative estimate of drug-likeness (QED) is 0.498. The van der Waals surface area contributed by atoms with Crippen LogP contribution in [0.5, 0.6) is 0 Å². The van der Waals surface area contributed by atoms with Crippen molar-refractivity contribution in [1.29, 1.82) is 0 Å². The number of nitrogens with zero attached hydrogens (tertiary/aromatic N) is 1. The average Bonchev–Trinajstić information content (AvgIpc) is 2.48. The van der Waals surface area contributed by atoms with Gasteiger partial charge >= 0.3 is 0 Å². The van der Waals surface area contributed by atoms with Crippen molar-refractivity contribution in [3.05, 3.63) is 78.8 Å². The zero-order valence-electron chi connectivity index (χ0n) is 11.8. The van der Waals surface area contributed by atoms with E-state index in [1.807, 2.05) is 12.1 Å². The third-order valence-corrected chi connectivity index (χ3v) is 4.60. The standard InChI is InChI=1S/C16H14Cl3NO2/c1-2-15(20(21)22)16(10-3-6-12(17)7-4-10)11-5-8-13(18)14(19)9-11/h3-9,15-16H,2H2,1H3/t15-,16-/m0/s1. The van der Waals surface area contributed by atoms with Crippen molar-refractivity contribution in [2.75, 3.05) is 0 Å². The van der Waals surface area contributed by atoms with Gasteiger partial charge in [-0.3, -0.25) is 10.1 Å². The molecule has 0 bridgehead atoms. The molecule has 2 aromatic rings. The number of halogens is 3. The summed E-state index contributed by atoms with van der Waals surface area (Å²) < 4.78 is 0. The van der Waals surface area contributed by atoms with Gasteiger partial charge in [0.2, 0.25) is 6.04 Å². The topological polar surface area (TPSA) is 43.1 Å². The Morgan fingerprint density at radius 3 is 2.09 bits per heavy atom. The second-order valence-corrected chi connectivity index (χ2v) is 6.21. The highest BCUT2D eigenvalue weighted by Crippen LogP contribution is 2.35. The molecule has 2 atom stereocenters. The van der Waals surface area contributed by atoms with E-state index in [9.17, 15) is 10.1 Å². The van der Waals surface area contributed by atoms with Crippen molar-refractivity contribution in [3.63, 3.8) is 0 Å². The first kappa shape index (κ1) is 17.1. The van der Waals surface area contributed by atoms with Crippen LogP contribution in [0, 0.1) is 10.1 Å². The monoisotopic (exact) mass is 357 g/mol. The van der Waals surface area contributed by atoms with Gasteiger partial charge < -0.3 is 0 Å². The van der Waals surface area contributed by atoms with Crippen LogP contribution in [0.3, 0.4) is 0 Å². The van der Waals surface area contributed by atoms with Crippen LogP contribution in [0.2, 0.25) is 15.1 Å². The number of rotatable bonds is 5. The van der Waals surface area contributed by atoms with Crippen LogP contribution in [0.15, 0.2) is 42.5 Å². The number of hydrogen-bond donors (Lipinski definition) is 0. The SMILES string of the molecule is CC[C@@H]([C@@H](c1ccc(Cl)cc1)c1ccc(Cl)c(Cl)c1)[N+](=O)[O-]. The first-order chi connectivity index (χ1) is 10.4. The fraction of sp³-hybridized carbons (Fsp3) is 0.250. The molecule has 0 saturated carbocycles. The molecular weight excluding hydrogens is 345 g/mol. The van der Waals surface area contributed by atoms with Gasteiger partial charge in [-0.05, 0) is 35.4 Å². The Kier molecular flexibility index (Phi) is 5.68. The Labute approximate surface area is 144 Å². The van der Waals surface area contributed by atoms with Crippen molar-refractivity contribution in [1.82, 2.24) is 0 Å². The predicted molar refractivity (Wildman–Crippen MR) is 90.8 cm³/mol. The largest absolute Gasteiger partial charge is 0.264 e. The molecule has 0 aliphatic rings. The summed E-state index contributed by atoms with van der Waals surface area (Å²) in [6.45, 7) is 1.80. The normalized spacial score (nSPS) is 13.6. The van der Waals surface area contributed by atoms with E-state index in [0.717, 1.165) is 11.1 Å². The minimum absolute atomic E-state index is 0.248. The zero-order valence-corrected chi connectivity index (χ0v) is 14.1. The van der Waals surface area contributed by atoms with Gasteiger partial charge in [0.15, 0.2) is 0 Å². The molecule has 0 aromatic heterocycles. The Morgan fingerprint density at radius 1 is 1.00 bits per heavy atom. The molecule has 0 radical (unpaired) electrons. The summed E-state index contributed by atoms with van der Waals surface area (Å²) in [7, 11) is 0. The minimum atomic E-state index is -0.751. The smallest absolute Gasteiger partial charge is 0.223 e. The summed E-state index contributed by atoms with van der Waals surface area (Å²) in [5, 5.41) is 12.9. The fourth-order valence-corrected chi connectivity index (χ4v) is 2.95. The Morgan fingerprint density at radius 2 is 1.59 bits per heavy atom. The lowest BCUT2D eigenvalue weighted by Crippen LogP contribution is -2.27. The molecule has 0 amide bonds. The highest BCUT2D eigenvalue weighted by Gasteiger charge is 2.32. The van der Waals surface area contributed by atoms with E-state index in [1.54, 1.807) is 37.3 Å². The highest BCUT2D eigenvalue weighted by atomic mass is 35.5. The second kappa shape index (κ2) is 7.32. The molecule has 6 heteroatoms. The maximum Gasteiger partial charge on any atom is 0.223 e. The van der Waals surface area contributed by atoms with Crippen molar-refractivity contribution in [2.45, 2.75) is 25.3 Å². The van der Waals surface area contributed by atoms with Gasteiger partial charge in [0.05, 0.1) is 16.0 Å². The van der Waals surface area contributed by atoms with Crippen LogP contribution in [0.1, 0.15) is 30.4 Å². The third kappa shape index (κ3) is 3.72. The second-order valence-electron chi connectivity index (χ2n) is 4.96. The zero-order chi connectivity index (χ0) is 16.3. The van der Waals surface area contributed by atoms with E-state index in [-0.39, 0.29) is 4.92 Å². The summed E-state index contributed by atoms with van der Waals surface area (Å²) in [6, 6.07) is 11.5. The van der Waals surface area contributed by atoms with E-state index in [4.69, 9.17) is 34.8 Å². The first-order valence-electron chi connectivity index (χ1n) is 6.78. The van der Waals surface area contributed by atoms with Gasteiger partial charge in [-0.2, -0.15) is 0 Å². The molecule has 22 heavy (non-hydrogen) atoms. The summed E-state index contributed by atoms with van der Waals surface area (Å²) in [5.41, 5.74) is 1.59. The van der Waals surface area contributed by atoms with E-state index < -0.39 is 12.0 Å². The summed E-state index contributed by atoms with van der Waals surface area (Å²) >= 11 is 17.9. The van der Waals surface area contributed by atoms with Gasteiger partial charge in [0.1, 0.15) is 0 Å². The lowest BCUT2D eigenvalue weighted by molar-refractivity contribution is -0.525. The van der Waals surface area contributed by atoms with Crippen molar-refractivity contribution in [3.8, 4) is 0 Å². The highest BCUT2D eigenvalue weighted by molar-refractivity contribution is 6.42. The van der Waals surface area contributed by atoms with Gasteiger partial charge in [-0.25, -0.2) is 0 Å². The maximum atomic E-state index is 11.5. The Bertz CT molecular complexity index is 674. The fourth-order valence-electron chi connectivity index (χ4n) is 2.52. The van der Waals surface area contributed by atoms with E-state index in [2.05, 4.69) is 0 Å². The molecule has 3 nitrogen and oxygen atoms in total. The molecule has 0 spiro atoms. The molecule has 2 aromatic carbocycles. The number of benzene rings is 2. The number of hydrogen-bond acceptors (Lipinski definition) is 2. The molecule has 0 saturated heterocycles. The van der Waals surface area contributed by atoms with E-state index >= 15 is 0 Å². The Balaban J connectivity index is 2.55. The van der Waals surface area contributed by atoms with Crippen molar-refractivity contribution >= 4 is 34.8 Å². The van der Waals surface area contributed by atoms with E-state index in [1.165, 1.54) is 0 Å². The van der Waals surface area contributed by atoms with Gasteiger partial charge in [0, 0.05) is 16.4 Å². The molecular formula is C16H14Cl3NO2. The average molecular weight is 359 g/mol. The molecule has 0 unspecified atom stereocenters. The number of nitro groups is 1. The van der Waals surface area contributed by atoms with E-state index in [0.29, 0.717) is 21.5 Å². The first-order valence-corrected chi connectivity index (χ1v) is 7.91. The van der Waals surface area contributed by atoms with Gasteiger partial charge in [-0.15, -0.1) is 0 Å². The summed E-state index contributed by atoms with van der Waals surface area (Å²) in [4.78, 5) is 11.2.